The van der Waals surface area contributed by atoms with Gasteiger partial charge in [-0.2, -0.15) is 5.26 Å². The molecule has 0 saturated heterocycles. The SMILES string of the molecule is CC12CC3CC(CC(C3)C1([O-])CC#N)C2.[K+]. The summed E-state index contributed by atoms with van der Waals surface area (Å²) in [5, 5.41) is 21.8. The molecule has 4 bridgehead atoms. The Kier molecular flexibility index (Phi) is 3.66. The predicted octanol–water partition coefficient (Wildman–Crippen LogP) is -1.15. The molecule has 4 aliphatic rings. The van der Waals surface area contributed by atoms with E-state index < -0.39 is 5.60 Å². The van der Waals surface area contributed by atoms with Crippen molar-refractivity contribution in [1.82, 2.24) is 0 Å². The van der Waals surface area contributed by atoms with E-state index in [-0.39, 0.29) is 63.2 Å². The average Bonchev–Trinajstić information content (AvgIpc) is 2.13. The Morgan fingerprint density at radius 2 is 1.81 bits per heavy atom. The summed E-state index contributed by atoms with van der Waals surface area (Å²) in [6.07, 6.45) is 5.98. The summed E-state index contributed by atoms with van der Waals surface area (Å²) in [6, 6.07) is 2.15. The molecule has 3 unspecified atom stereocenters. The van der Waals surface area contributed by atoms with Gasteiger partial charge in [-0.3, -0.25) is 0 Å². The molecule has 0 aromatic rings. The van der Waals surface area contributed by atoms with E-state index in [1.807, 2.05) is 0 Å². The van der Waals surface area contributed by atoms with Gasteiger partial charge in [-0.05, 0) is 55.3 Å². The molecule has 0 aromatic carbocycles. The summed E-state index contributed by atoms with van der Waals surface area (Å²) < 4.78 is 0. The van der Waals surface area contributed by atoms with Crippen molar-refractivity contribution in [3.05, 3.63) is 0 Å². The van der Waals surface area contributed by atoms with Gasteiger partial charge in [-0.15, -0.1) is 0 Å². The zero-order chi connectivity index (χ0) is 10.7. The number of nitrogens with zero attached hydrogens (tertiary/aromatic N) is 1. The standard InChI is InChI=1S/C13H18NO.K/c1-12-7-9-4-10(8-12)6-11(5-9)13(12,15)2-3-14;/h9-11H,2,4-8H2,1H3;/q-1;+1. The van der Waals surface area contributed by atoms with Crippen molar-refractivity contribution in [2.45, 2.75) is 51.0 Å². The van der Waals surface area contributed by atoms with E-state index in [2.05, 4.69) is 13.0 Å². The van der Waals surface area contributed by atoms with Gasteiger partial charge in [0.05, 0.1) is 6.07 Å². The van der Waals surface area contributed by atoms with Crippen LogP contribution in [0.5, 0.6) is 0 Å². The van der Waals surface area contributed by atoms with Gasteiger partial charge in [-0.1, -0.05) is 12.5 Å². The summed E-state index contributed by atoms with van der Waals surface area (Å²) >= 11 is 0. The van der Waals surface area contributed by atoms with Gasteiger partial charge in [0.25, 0.3) is 0 Å². The van der Waals surface area contributed by atoms with Crippen LogP contribution < -0.4 is 56.5 Å². The van der Waals surface area contributed by atoms with Crippen LogP contribution in [0.15, 0.2) is 0 Å². The molecule has 0 aliphatic heterocycles. The Hall–Kier alpha value is 1.09. The summed E-state index contributed by atoms with van der Waals surface area (Å²) in [4.78, 5) is 0. The van der Waals surface area contributed by atoms with Crippen LogP contribution in [0.3, 0.4) is 0 Å². The van der Waals surface area contributed by atoms with Crippen molar-refractivity contribution < 1.29 is 56.5 Å². The van der Waals surface area contributed by atoms with E-state index in [9.17, 15) is 5.11 Å². The molecule has 2 nitrogen and oxygen atoms in total. The van der Waals surface area contributed by atoms with E-state index in [4.69, 9.17) is 5.26 Å². The normalized spacial score (nSPS) is 53.2. The van der Waals surface area contributed by atoms with Crippen molar-refractivity contribution >= 4 is 0 Å². The Morgan fingerprint density at radius 3 is 2.25 bits per heavy atom. The van der Waals surface area contributed by atoms with Gasteiger partial charge in [0.15, 0.2) is 0 Å². The second-order valence-corrected chi connectivity index (χ2v) is 6.33. The van der Waals surface area contributed by atoms with Gasteiger partial charge in [0.2, 0.25) is 0 Å². The summed E-state index contributed by atoms with van der Waals surface area (Å²) in [6.45, 7) is 2.15. The minimum Gasteiger partial charge on any atom is -0.848 e. The van der Waals surface area contributed by atoms with E-state index in [1.165, 1.54) is 6.42 Å². The van der Waals surface area contributed by atoms with E-state index in [1.54, 1.807) is 0 Å². The number of rotatable bonds is 1. The van der Waals surface area contributed by atoms with Crippen molar-refractivity contribution in [2.24, 2.45) is 23.2 Å². The monoisotopic (exact) mass is 243 g/mol. The Balaban J connectivity index is 0.000000963. The van der Waals surface area contributed by atoms with Gasteiger partial charge < -0.3 is 5.11 Å². The van der Waals surface area contributed by atoms with Gasteiger partial charge in [0, 0.05) is 6.42 Å². The quantitative estimate of drug-likeness (QED) is 0.546. The molecular formula is C13H18KNO. The van der Waals surface area contributed by atoms with Crippen molar-refractivity contribution in [3.8, 4) is 6.07 Å². The molecule has 0 radical (unpaired) electrons. The minimum atomic E-state index is -0.921. The molecule has 4 fully saturated rings. The second-order valence-electron chi connectivity index (χ2n) is 6.33. The fraction of sp³-hybridized carbons (Fsp3) is 0.923. The first-order valence-electron chi connectivity index (χ1n) is 6.15. The number of hydrogen-bond donors (Lipinski definition) is 0. The van der Waals surface area contributed by atoms with Crippen LogP contribution >= 0.6 is 0 Å². The maximum absolute atomic E-state index is 12.9. The van der Waals surface area contributed by atoms with Crippen LogP contribution in [-0.2, 0) is 0 Å². The molecular weight excluding hydrogens is 225 g/mol. The van der Waals surface area contributed by atoms with Crippen LogP contribution in [0.4, 0.5) is 0 Å². The number of nitriles is 1. The predicted molar refractivity (Wildman–Crippen MR) is 54.6 cm³/mol. The maximum Gasteiger partial charge on any atom is 1.00 e. The molecule has 4 saturated carbocycles. The van der Waals surface area contributed by atoms with E-state index in [0.29, 0.717) is 5.92 Å². The molecule has 0 spiro atoms. The first-order chi connectivity index (χ1) is 7.07. The molecule has 3 heteroatoms. The molecule has 16 heavy (non-hydrogen) atoms. The van der Waals surface area contributed by atoms with Crippen LogP contribution in [0.25, 0.3) is 0 Å². The smallest absolute Gasteiger partial charge is 0.848 e. The Morgan fingerprint density at radius 1 is 1.25 bits per heavy atom. The van der Waals surface area contributed by atoms with Crippen molar-refractivity contribution in [1.29, 1.82) is 5.26 Å². The summed E-state index contributed by atoms with van der Waals surface area (Å²) in [5.41, 5.74) is -0.993. The molecule has 82 valence electrons. The topological polar surface area (TPSA) is 46.8 Å². The van der Waals surface area contributed by atoms with Crippen LogP contribution in [0.1, 0.15) is 45.4 Å². The zero-order valence-corrected chi connectivity index (χ0v) is 13.5. The first-order valence-corrected chi connectivity index (χ1v) is 6.15. The largest absolute Gasteiger partial charge is 1.00 e. The molecule has 4 rings (SSSR count). The van der Waals surface area contributed by atoms with Gasteiger partial charge in [-0.25, -0.2) is 0 Å². The minimum absolute atomic E-state index is 0. The molecule has 0 amide bonds. The Bertz CT molecular complexity index is 323. The number of hydrogen-bond acceptors (Lipinski definition) is 2. The van der Waals surface area contributed by atoms with Crippen LogP contribution in [0, 0.1) is 34.5 Å². The van der Waals surface area contributed by atoms with Gasteiger partial charge >= 0.3 is 51.4 Å². The molecule has 0 heterocycles. The second kappa shape index (κ2) is 4.33. The molecule has 0 aromatic heterocycles. The summed E-state index contributed by atoms with van der Waals surface area (Å²) in [7, 11) is 0. The maximum atomic E-state index is 12.9. The van der Waals surface area contributed by atoms with Gasteiger partial charge in [0.1, 0.15) is 0 Å². The zero-order valence-electron chi connectivity index (χ0n) is 10.3. The Labute approximate surface area is 140 Å². The van der Waals surface area contributed by atoms with Crippen molar-refractivity contribution in [3.63, 3.8) is 0 Å². The van der Waals surface area contributed by atoms with Crippen LogP contribution in [-0.4, -0.2) is 5.60 Å². The fourth-order valence-electron chi connectivity index (χ4n) is 4.95. The van der Waals surface area contributed by atoms with Crippen molar-refractivity contribution in [2.75, 3.05) is 0 Å². The molecule has 0 N–H and O–H groups in total. The van der Waals surface area contributed by atoms with Crippen LogP contribution in [0.2, 0.25) is 0 Å². The average molecular weight is 243 g/mol. The molecule has 4 aliphatic carbocycles. The summed E-state index contributed by atoms with van der Waals surface area (Å²) in [5.74, 6) is 1.90. The molecule has 3 atom stereocenters. The third-order valence-electron chi connectivity index (χ3n) is 5.40. The fourth-order valence-corrected chi connectivity index (χ4v) is 4.95. The van der Waals surface area contributed by atoms with E-state index in [0.717, 1.165) is 37.5 Å². The third-order valence-corrected chi connectivity index (χ3v) is 5.40. The first kappa shape index (κ1) is 13.5. The third kappa shape index (κ3) is 1.69. The van der Waals surface area contributed by atoms with E-state index >= 15 is 0 Å².